The Bertz CT molecular complexity index is 855. The molecule has 2 amide bonds. The Morgan fingerprint density at radius 1 is 1.10 bits per heavy atom. The van der Waals surface area contributed by atoms with E-state index in [1.54, 1.807) is 4.90 Å². The van der Waals surface area contributed by atoms with Gasteiger partial charge < -0.3 is 9.64 Å². The summed E-state index contributed by atoms with van der Waals surface area (Å²) in [6.45, 7) is 8.49. The van der Waals surface area contributed by atoms with Crippen LogP contribution in [0.15, 0.2) is 60.7 Å². The van der Waals surface area contributed by atoms with Crippen molar-refractivity contribution in [3.05, 3.63) is 71.8 Å². The SMILES string of the molecule is CC[C@@H]1N(C(=O)OCc2ccccc2)CN([C@@H](C)c2ccccc2)C(=O)[C@]1(C)CC. The Balaban J connectivity index is 1.86. The zero-order chi connectivity index (χ0) is 21.7. The van der Waals surface area contributed by atoms with Crippen molar-refractivity contribution in [1.82, 2.24) is 9.80 Å². The van der Waals surface area contributed by atoms with Crippen LogP contribution >= 0.6 is 0 Å². The fraction of sp³-hybridized carbons (Fsp3) is 0.440. The number of ether oxygens (including phenoxy) is 1. The fourth-order valence-electron chi connectivity index (χ4n) is 4.40. The van der Waals surface area contributed by atoms with Crippen LogP contribution in [0.1, 0.15) is 57.7 Å². The number of amides is 2. The number of hydrogen-bond donors (Lipinski definition) is 0. The zero-order valence-corrected chi connectivity index (χ0v) is 18.4. The lowest BCUT2D eigenvalue weighted by molar-refractivity contribution is -0.161. The van der Waals surface area contributed by atoms with Gasteiger partial charge in [-0.3, -0.25) is 9.69 Å². The van der Waals surface area contributed by atoms with Gasteiger partial charge in [0.25, 0.3) is 0 Å². The highest BCUT2D eigenvalue weighted by molar-refractivity contribution is 5.86. The normalized spacial score (nSPS) is 22.7. The third kappa shape index (κ3) is 4.20. The average molecular weight is 409 g/mol. The molecule has 0 spiro atoms. The van der Waals surface area contributed by atoms with Gasteiger partial charge >= 0.3 is 6.09 Å². The van der Waals surface area contributed by atoms with E-state index in [0.717, 1.165) is 11.1 Å². The molecule has 1 aliphatic heterocycles. The molecule has 0 unspecified atom stereocenters. The largest absolute Gasteiger partial charge is 0.444 e. The molecule has 1 fully saturated rings. The molecule has 3 atom stereocenters. The molecule has 160 valence electrons. The molecule has 1 aliphatic rings. The predicted molar refractivity (Wildman–Crippen MR) is 118 cm³/mol. The third-order valence-electron chi connectivity index (χ3n) is 6.48. The predicted octanol–water partition coefficient (Wildman–Crippen LogP) is 5.38. The summed E-state index contributed by atoms with van der Waals surface area (Å²) in [4.78, 5) is 30.2. The highest BCUT2D eigenvalue weighted by Gasteiger charge is 2.51. The van der Waals surface area contributed by atoms with Crippen LogP contribution in [-0.4, -0.2) is 34.5 Å². The lowest BCUT2D eigenvalue weighted by Crippen LogP contribution is -2.65. The number of carbonyl (C=O) groups excluding carboxylic acids is 2. The maximum Gasteiger partial charge on any atom is 0.411 e. The number of hydrogen-bond acceptors (Lipinski definition) is 3. The zero-order valence-electron chi connectivity index (χ0n) is 18.4. The van der Waals surface area contributed by atoms with Crippen LogP contribution in [0.4, 0.5) is 4.79 Å². The van der Waals surface area contributed by atoms with Gasteiger partial charge in [0.1, 0.15) is 6.61 Å². The van der Waals surface area contributed by atoms with Crippen molar-refractivity contribution < 1.29 is 14.3 Å². The first-order valence-corrected chi connectivity index (χ1v) is 10.8. The molecular weight excluding hydrogens is 376 g/mol. The lowest BCUT2D eigenvalue weighted by Gasteiger charge is -2.52. The Morgan fingerprint density at radius 3 is 2.27 bits per heavy atom. The fourth-order valence-corrected chi connectivity index (χ4v) is 4.40. The highest BCUT2D eigenvalue weighted by Crippen LogP contribution is 2.41. The monoisotopic (exact) mass is 408 g/mol. The van der Waals surface area contributed by atoms with E-state index in [4.69, 9.17) is 4.74 Å². The van der Waals surface area contributed by atoms with Crippen LogP contribution in [0.2, 0.25) is 0 Å². The molecule has 5 nitrogen and oxygen atoms in total. The minimum atomic E-state index is -0.651. The van der Waals surface area contributed by atoms with Gasteiger partial charge in [0.2, 0.25) is 5.91 Å². The molecule has 30 heavy (non-hydrogen) atoms. The van der Waals surface area contributed by atoms with Crippen molar-refractivity contribution >= 4 is 12.0 Å². The number of rotatable bonds is 6. The van der Waals surface area contributed by atoms with Gasteiger partial charge in [0, 0.05) is 0 Å². The number of nitrogens with zero attached hydrogens (tertiary/aromatic N) is 2. The summed E-state index contributed by atoms with van der Waals surface area (Å²) in [5.74, 6) is 0.0975. The van der Waals surface area contributed by atoms with E-state index in [9.17, 15) is 9.59 Å². The van der Waals surface area contributed by atoms with E-state index < -0.39 is 5.41 Å². The lowest BCUT2D eigenvalue weighted by atomic mass is 9.74. The summed E-state index contributed by atoms with van der Waals surface area (Å²) in [5, 5.41) is 0. The number of benzene rings is 2. The van der Waals surface area contributed by atoms with Gasteiger partial charge in [-0.15, -0.1) is 0 Å². The van der Waals surface area contributed by atoms with Crippen LogP contribution in [0.5, 0.6) is 0 Å². The second kappa shape index (κ2) is 9.33. The molecule has 1 heterocycles. The molecule has 0 aromatic heterocycles. The molecule has 5 heteroatoms. The Labute approximate surface area is 179 Å². The molecule has 0 radical (unpaired) electrons. The van der Waals surface area contributed by atoms with Gasteiger partial charge in [-0.1, -0.05) is 74.5 Å². The second-order valence-corrected chi connectivity index (χ2v) is 8.21. The van der Waals surface area contributed by atoms with E-state index in [2.05, 4.69) is 0 Å². The maximum atomic E-state index is 13.6. The maximum absolute atomic E-state index is 13.6. The summed E-state index contributed by atoms with van der Waals surface area (Å²) >= 11 is 0. The van der Waals surface area contributed by atoms with Crippen molar-refractivity contribution in [2.45, 2.75) is 59.2 Å². The highest BCUT2D eigenvalue weighted by atomic mass is 16.6. The van der Waals surface area contributed by atoms with E-state index in [-0.39, 0.29) is 37.4 Å². The van der Waals surface area contributed by atoms with Gasteiger partial charge in [-0.2, -0.15) is 0 Å². The average Bonchev–Trinajstić information content (AvgIpc) is 2.79. The van der Waals surface area contributed by atoms with Crippen molar-refractivity contribution in [2.75, 3.05) is 6.67 Å². The number of carbonyl (C=O) groups is 2. The first-order chi connectivity index (χ1) is 14.4. The van der Waals surface area contributed by atoms with E-state index in [0.29, 0.717) is 12.8 Å². The molecule has 0 N–H and O–H groups in total. The third-order valence-corrected chi connectivity index (χ3v) is 6.48. The summed E-state index contributed by atoms with van der Waals surface area (Å²) in [7, 11) is 0. The smallest absolute Gasteiger partial charge is 0.411 e. The van der Waals surface area contributed by atoms with Crippen molar-refractivity contribution in [1.29, 1.82) is 0 Å². The first-order valence-electron chi connectivity index (χ1n) is 10.8. The van der Waals surface area contributed by atoms with Crippen LogP contribution in [0.25, 0.3) is 0 Å². The van der Waals surface area contributed by atoms with E-state index >= 15 is 0 Å². The standard InChI is InChI=1S/C25H32N2O3/c1-5-22-25(4,6-2)23(28)26(19(3)21-15-11-8-12-16-21)18-27(22)24(29)30-17-20-13-9-7-10-14-20/h7-16,19,22H,5-6,17-18H2,1-4H3/t19-,22-,25+/m0/s1. The molecule has 0 bridgehead atoms. The van der Waals surface area contributed by atoms with Gasteiger partial charge in [-0.05, 0) is 37.8 Å². The Kier molecular flexibility index (Phi) is 6.80. The van der Waals surface area contributed by atoms with Gasteiger partial charge in [0.05, 0.1) is 24.2 Å². The topological polar surface area (TPSA) is 49.9 Å². The quantitative estimate of drug-likeness (QED) is 0.645. The molecule has 2 aromatic carbocycles. The van der Waals surface area contributed by atoms with Crippen LogP contribution in [0.3, 0.4) is 0 Å². The van der Waals surface area contributed by atoms with Crippen LogP contribution in [0, 0.1) is 5.41 Å². The van der Waals surface area contributed by atoms with Crippen LogP contribution < -0.4 is 0 Å². The minimum absolute atomic E-state index is 0.0975. The molecule has 2 aromatic rings. The molecule has 0 saturated carbocycles. The van der Waals surface area contributed by atoms with Crippen LogP contribution in [-0.2, 0) is 16.1 Å². The van der Waals surface area contributed by atoms with Gasteiger partial charge in [0.15, 0.2) is 0 Å². The summed E-state index contributed by atoms with van der Waals surface area (Å²) in [6.07, 6.45) is 0.984. The molecule has 3 rings (SSSR count). The minimum Gasteiger partial charge on any atom is -0.444 e. The summed E-state index contributed by atoms with van der Waals surface area (Å²) in [5.41, 5.74) is 1.35. The molecular formula is C25H32N2O3. The van der Waals surface area contributed by atoms with Crippen molar-refractivity contribution in [3.8, 4) is 0 Å². The Hall–Kier alpha value is -2.82. The summed E-state index contributed by atoms with van der Waals surface area (Å²) < 4.78 is 5.66. The first kappa shape index (κ1) is 21.9. The Morgan fingerprint density at radius 2 is 1.70 bits per heavy atom. The van der Waals surface area contributed by atoms with E-state index in [1.165, 1.54) is 0 Å². The second-order valence-electron chi connectivity index (χ2n) is 8.21. The van der Waals surface area contributed by atoms with Crippen molar-refractivity contribution in [3.63, 3.8) is 0 Å². The van der Waals surface area contributed by atoms with Gasteiger partial charge in [-0.25, -0.2) is 4.79 Å². The van der Waals surface area contributed by atoms with E-state index in [1.807, 2.05) is 93.3 Å². The summed E-state index contributed by atoms with van der Waals surface area (Å²) in [6, 6.07) is 19.3. The molecule has 0 aliphatic carbocycles. The van der Waals surface area contributed by atoms with Crippen molar-refractivity contribution in [2.24, 2.45) is 5.41 Å². The molecule has 1 saturated heterocycles.